The normalized spacial score (nSPS) is 20.0. The number of carbonyl (C=O) groups excluding carboxylic acids is 1. The maximum Gasteiger partial charge on any atom is 0.405 e. The first kappa shape index (κ1) is 17.8. The molecule has 5 nitrogen and oxygen atoms in total. The Morgan fingerprint density at radius 1 is 1.43 bits per heavy atom. The first-order chi connectivity index (χ1) is 10.6. The molecule has 2 rings (SSSR count). The van der Waals surface area contributed by atoms with Crippen molar-refractivity contribution in [3.05, 3.63) is 17.8 Å². The van der Waals surface area contributed by atoms with Crippen LogP contribution in [0.2, 0.25) is 0 Å². The van der Waals surface area contributed by atoms with Gasteiger partial charge in [-0.05, 0) is 19.4 Å². The first-order valence-corrected chi connectivity index (χ1v) is 7.60. The van der Waals surface area contributed by atoms with E-state index in [1.54, 1.807) is 6.20 Å². The third-order valence-electron chi connectivity index (χ3n) is 3.76. The highest BCUT2D eigenvalue weighted by Crippen LogP contribution is 2.25. The summed E-state index contributed by atoms with van der Waals surface area (Å²) in [5.41, 5.74) is -0.167. The van der Waals surface area contributed by atoms with E-state index in [0.717, 1.165) is 12.2 Å². The molecule has 2 heterocycles. The van der Waals surface area contributed by atoms with Gasteiger partial charge in [-0.1, -0.05) is 20.8 Å². The molecule has 0 unspecified atom stereocenters. The fraction of sp³-hybridized carbons (Fsp3) is 0.733. The van der Waals surface area contributed by atoms with Gasteiger partial charge in [-0.15, -0.1) is 0 Å². The second kappa shape index (κ2) is 6.51. The summed E-state index contributed by atoms with van der Waals surface area (Å²) in [5.74, 6) is 0.623. The van der Waals surface area contributed by atoms with Crippen molar-refractivity contribution in [2.45, 2.75) is 57.8 Å². The van der Waals surface area contributed by atoms with E-state index >= 15 is 0 Å². The zero-order valence-corrected chi connectivity index (χ0v) is 13.5. The van der Waals surface area contributed by atoms with Crippen molar-refractivity contribution in [1.82, 2.24) is 15.2 Å². The van der Waals surface area contributed by atoms with Crippen molar-refractivity contribution in [2.75, 3.05) is 13.1 Å². The zero-order chi connectivity index (χ0) is 17.3. The number of nitrogens with one attached hydrogen (secondary N) is 1. The standard InChI is InChI=1S/C15H22F3N3O2/c1-14(2,3)11-7-19-12(23-11)8-21-6-4-5-10(21)13(22)20-9-15(16,17)18/h7,10H,4-6,8-9H2,1-3H3,(H,20,22)/t10-/m1/s1. The van der Waals surface area contributed by atoms with Crippen LogP contribution in [-0.4, -0.2) is 41.1 Å². The van der Waals surface area contributed by atoms with Gasteiger partial charge in [0.2, 0.25) is 11.8 Å². The molecule has 1 aromatic heterocycles. The van der Waals surface area contributed by atoms with Crippen LogP contribution in [0, 0.1) is 0 Å². The lowest BCUT2D eigenvalue weighted by atomic mass is 9.94. The zero-order valence-electron chi connectivity index (χ0n) is 13.5. The van der Waals surface area contributed by atoms with Gasteiger partial charge in [-0.2, -0.15) is 13.2 Å². The van der Waals surface area contributed by atoms with Gasteiger partial charge in [0, 0.05) is 5.41 Å². The maximum atomic E-state index is 12.2. The molecule has 130 valence electrons. The van der Waals surface area contributed by atoms with Gasteiger partial charge >= 0.3 is 6.18 Å². The highest BCUT2D eigenvalue weighted by Gasteiger charge is 2.34. The average Bonchev–Trinajstić information content (AvgIpc) is 3.04. The number of halogens is 3. The Bertz CT molecular complexity index is 549. The molecule has 1 aromatic rings. The summed E-state index contributed by atoms with van der Waals surface area (Å²) in [6.07, 6.45) is -1.44. The summed E-state index contributed by atoms with van der Waals surface area (Å²) in [5, 5.41) is 1.95. The predicted octanol–water partition coefficient (Wildman–Crippen LogP) is 2.62. The van der Waals surface area contributed by atoms with Crippen molar-refractivity contribution in [3.8, 4) is 0 Å². The van der Waals surface area contributed by atoms with Crippen molar-refractivity contribution >= 4 is 5.91 Å². The molecule has 0 aliphatic carbocycles. The Morgan fingerprint density at radius 3 is 2.70 bits per heavy atom. The van der Waals surface area contributed by atoms with Crippen LogP contribution in [0.3, 0.4) is 0 Å². The van der Waals surface area contributed by atoms with Gasteiger partial charge in [-0.25, -0.2) is 4.98 Å². The van der Waals surface area contributed by atoms with E-state index in [1.807, 2.05) is 31.0 Å². The predicted molar refractivity (Wildman–Crippen MR) is 77.7 cm³/mol. The monoisotopic (exact) mass is 333 g/mol. The summed E-state index contributed by atoms with van der Waals surface area (Å²) in [6.45, 7) is 5.66. The fourth-order valence-corrected chi connectivity index (χ4v) is 2.52. The number of carbonyl (C=O) groups is 1. The molecule has 8 heteroatoms. The molecule has 0 saturated carbocycles. The molecule has 1 fully saturated rings. The van der Waals surface area contributed by atoms with Crippen LogP contribution in [0.15, 0.2) is 10.6 Å². The van der Waals surface area contributed by atoms with Gasteiger partial charge in [-0.3, -0.25) is 9.69 Å². The van der Waals surface area contributed by atoms with Crippen LogP contribution < -0.4 is 5.32 Å². The van der Waals surface area contributed by atoms with Crippen molar-refractivity contribution in [1.29, 1.82) is 0 Å². The molecular formula is C15H22F3N3O2. The Morgan fingerprint density at radius 2 is 2.13 bits per heavy atom. The van der Waals surface area contributed by atoms with Gasteiger partial charge < -0.3 is 9.73 Å². The lowest BCUT2D eigenvalue weighted by Gasteiger charge is -2.22. The van der Waals surface area contributed by atoms with Crippen LogP contribution in [0.1, 0.15) is 45.3 Å². The molecule has 23 heavy (non-hydrogen) atoms. The minimum atomic E-state index is -4.40. The van der Waals surface area contributed by atoms with Crippen LogP contribution in [0.5, 0.6) is 0 Å². The van der Waals surface area contributed by atoms with Crippen LogP contribution in [-0.2, 0) is 16.8 Å². The topological polar surface area (TPSA) is 58.4 Å². The molecule has 0 spiro atoms. The first-order valence-electron chi connectivity index (χ1n) is 7.60. The largest absolute Gasteiger partial charge is 0.444 e. The van der Waals surface area contributed by atoms with Crippen molar-refractivity contribution in [2.24, 2.45) is 0 Å². The van der Waals surface area contributed by atoms with E-state index in [0.29, 0.717) is 25.4 Å². The van der Waals surface area contributed by atoms with Crippen LogP contribution in [0.4, 0.5) is 13.2 Å². The van der Waals surface area contributed by atoms with Gasteiger partial charge in [0.15, 0.2) is 0 Å². The Labute approximate surface area is 133 Å². The van der Waals surface area contributed by atoms with E-state index in [9.17, 15) is 18.0 Å². The van der Waals surface area contributed by atoms with E-state index in [2.05, 4.69) is 4.98 Å². The van der Waals surface area contributed by atoms with E-state index in [-0.39, 0.29) is 5.41 Å². The molecule has 1 aliphatic heterocycles. The number of alkyl halides is 3. The van der Waals surface area contributed by atoms with Crippen LogP contribution >= 0.6 is 0 Å². The number of hydrogen-bond acceptors (Lipinski definition) is 4. The second-order valence-corrected chi connectivity index (χ2v) is 6.83. The van der Waals surface area contributed by atoms with Gasteiger partial charge in [0.05, 0.1) is 18.8 Å². The maximum absolute atomic E-state index is 12.2. The molecule has 1 saturated heterocycles. The van der Waals surface area contributed by atoms with E-state index in [4.69, 9.17) is 4.42 Å². The summed E-state index contributed by atoms with van der Waals surface area (Å²) in [6, 6.07) is -0.567. The summed E-state index contributed by atoms with van der Waals surface area (Å²) in [4.78, 5) is 18.0. The van der Waals surface area contributed by atoms with Crippen LogP contribution in [0.25, 0.3) is 0 Å². The Balaban J connectivity index is 1.96. The number of nitrogens with zero attached hydrogens (tertiary/aromatic N) is 2. The number of oxazole rings is 1. The number of rotatable bonds is 4. The Kier molecular flexibility index (Phi) is 5.03. The molecule has 1 aliphatic rings. The lowest BCUT2D eigenvalue weighted by Crippen LogP contribution is -2.45. The summed E-state index contributed by atoms with van der Waals surface area (Å²) < 4.78 is 42.3. The molecule has 1 N–H and O–H groups in total. The molecule has 0 radical (unpaired) electrons. The molecule has 1 amide bonds. The summed E-state index contributed by atoms with van der Waals surface area (Å²) >= 11 is 0. The second-order valence-electron chi connectivity index (χ2n) is 6.83. The third-order valence-corrected chi connectivity index (χ3v) is 3.76. The quantitative estimate of drug-likeness (QED) is 0.920. The molecule has 0 aromatic carbocycles. The third kappa shape index (κ3) is 4.95. The summed E-state index contributed by atoms with van der Waals surface area (Å²) in [7, 11) is 0. The highest BCUT2D eigenvalue weighted by atomic mass is 19.4. The smallest absolute Gasteiger partial charge is 0.405 e. The SMILES string of the molecule is CC(C)(C)c1cnc(CN2CCC[C@@H]2C(=O)NCC(F)(F)F)o1. The molecule has 1 atom stereocenters. The van der Waals surface area contributed by atoms with E-state index < -0.39 is 24.7 Å². The Hall–Kier alpha value is -1.57. The fourth-order valence-electron chi connectivity index (χ4n) is 2.52. The number of hydrogen-bond donors (Lipinski definition) is 1. The van der Waals surface area contributed by atoms with E-state index in [1.165, 1.54) is 0 Å². The number of likely N-dealkylation sites (tertiary alicyclic amines) is 1. The number of amides is 1. The van der Waals surface area contributed by atoms with Crippen molar-refractivity contribution in [3.63, 3.8) is 0 Å². The average molecular weight is 333 g/mol. The lowest BCUT2D eigenvalue weighted by molar-refractivity contribution is -0.141. The molecule has 0 bridgehead atoms. The van der Waals surface area contributed by atoms with Gasteiger partial charge in [0.25, 0.3) is 0 Å². The van der Waals surface area contributed by atoms with Gasteiger partial charge in [0.1, 0.15) is 12.3 Å². The minimum Gasteiger partial charge on any atom is -0.444 e. The minimum absolute atomic E-state index is 0.167. The number of aromatic nitrogens is 1. The highest BCUT2D eigenvalue weighted by molar-refractivity contribution is 5.82. The molecular weight excluding hydrogens is 311 g/mol. The van der Waals surface area contributed by atoms with Crippen molar-refractivity contribution < 1.29 is 22.4 Å².